The second-order valence-electron chi connectivity index (χ2n) is 7.68. The van der Waals surface area contributed by atoms with E-state index in [-0.39, 0.29) is 11.2 Å². The first-order valence-corrected chi connectivity index (χ1v) is 11.7. The van der Waals surface area contributed by atoms with Crippen LogP contribution in [0, 0.1) is 6.92 Å². The van der Waals surface area contributed by atoms with Gasteiger partial charge in [0.15, 0.2) is 5.11 Å². The monoisotopic (exact) mass is 525 g/mol. The molecule has 3 aromatic carbocycles. The predicted molar refractivity (Wildman–Crippen MR) is 146 cm³/mol. The van der Waals surface area contributed by atoms with Gasteiger partial charge in [-0.2, -0.15) is 0 Å². The fraction of sp³-hybridized carbons (Fsp3) is 0.0800. The number of halogens is 2. The van der Waals surface area contributed by atoms with Gasteiger partial charge in [-0.3, -0.25) is 14.3 Å². The first kappa shape index (κ1) is 24.5. The topological polar surface area (TPSA) is 80.1 Å². The minimum absolute atomic E-state index is 0.219. The van der Waals surface area contributed by atoms with Gasteiger partial charge in [-0.15, -0.1) is 0 Å². The summed E-state index contributed by atoms with van der Waals surface area (Å²) in [7, 11) is 1.77. The lowest BCUT2D eigenvalue weighted by molar-refractivity contribution is 0.102. The number of hydrogen-bond acceptors (Lipinski definition) is 3. The van der Waals surface area contributed by atoms with Crippen molar-refractivity contribution >= 4 is 63.5 Å². The Hall–Kier alpha value is -3.59. The van der Waals surface area contributed by atoms with Crippen molar-refractivity contribution in [2.75, 3.05) is 16.0 Å². The van der Waals surface area contributed by atoms with E-state index in [0.717, 1.165) is 0 Å². The first-order chi connectivity index (χ1) is 16.7. The largest absolute Gasteiger partial charge is 0.332 e. The number of anilines is 3. The van der Waals surface area contributed by atoms with Crippen LogP contribution < -0.4 is 21.5 Å². The number of benzene rings is 3. The van der Waals surface area contributed by atoms with E-state index in [4.69, 9.17) is 35.4 Å². The Balaban J connectivity index is 1.50. The molecule has 3 N–H and O–H groups in total. The van der Waals surface area contributed by atoms with Gasteiger partial charge in [-0.05, 0) is 67.7 Å². The summed E-state index contributed by atoms with van der Waals surface area (Å²) in [5.74, 6) is -0.414. The number of rotatable bonds is 5. The number of thiocarbonyl (C=S) groups is 1. The average Bonchev–Trinajstić information content (AvgIpc) is 3.05. The molecule has 7 nitrogen and oxygen atoms in total. The van der Waals surface area contributed by atoms with E-state index >= 15 is 0 Å². The zero-order chi connectivity index (χ0) is 25.1. The Morgan fingerprint density at radius 1 is 0.857 bits per heavy atom. The highest BCUT2D eigenvalue weighted by Crippen LogP contribution is 2.25. The van der Waals surface area contributed by atoms with E-state index in [9.17, 15) is 9.59 Å². The van der Waals surface area contributed by atoms with Crippen molar-refractivity contribution in [2.24, 2.45) is 7.05 Å². The van der Waals surface area contributed by atoms with E-state index in [1.807, 2.05) is 30.3 Å². The molecule has 178 valence electrons. The molecule has 0 spiro atoms. The smallest absolute Gasteiger partial charge is 0.295 e. The maximum Gasteiger partial charge on any atom is 0.295 e. The zero-order valence-corrected chi connectivity index (χ0v) is 21.1. The summed E-state index contributed by atoms with van der Waals surface area (Å²) in [5.41, 5.74) is 2.87. The molecular weight excluding hydrogens is 505 g/mol. The lowest BCUT2D eigenvalue weighted by Crippen LogP contribution is -2.23. The Kier molecular flexibility index (Phi) is 7.25. The molecule has 0 aliphatic carbocycles. The maximum atomic E-state index is 13.1. The van der Waals surface area contributed by atoms with Crippen LogP contribution in [0.4, 0.5) is 17.1 Å². The molecule has 1 heterocycles. The highest BCUT2D eigenvalue weighted by molar-refractivity contribution is 7.80. The van der Waals surface area contributed by atoms with E-state index < -0.39 is 5.91 Å². The third-order valence-corrected chi connectivity index (χ3v) is 6.30. The molecule has 0 unspecified atom stereocenters. The van der Waals surface area contributed by atoms with Crippen molar-refractivity contribution < 1.29 is 4.79 Å². The van der Waals surface area contributed by atoms with Gasteiger partial charge in [0.25, 0.3) is 11.5 Å². The molecule has 35 heavy (non-hydrogen) atoms. The van der Waals surface area contributed by atoms with Crippen molar-refractivity contribution in [3.05, 3.63) is 104 Å². The van der Waals surface area contributed by atoms with Gasteiger partial charge >= 0.3 is 0 Å². The Morgan fingerprint density at radius 3 is 2.23 bits per heavy atom. The highest BCUT2D eigenvalue weighted by atomic mass is 35.5. The van der Waals surface area contributed by atoms with Crippen molar-refractivity contribution in [1.82, 2.24) is 9.36 Å². The summed E-state index contributed by atoms with van der Waals surface area (Å²) in [6.07, 6.45) is 0. The second-order valence-corrected chi connectivity index (χ2v) is 8.90. The quantitative estimate of drug-likeness (QED) is 0.284. The number of carbonyl (C=O) groups is 1. The zero-order valence-electron chi connectivity index (χ0n) is 18.8. The number of para-hydroxylation sites is 1. The third-order valence-electron chi connectivity index (χ3n) is 5.35. The van der Waals surface area contributed by atoms with Crippen LogP contribution in [0.3, 0.4) is 0 Å². The van der Waals surface area contributed by atoms with Crippen LogP contribution in [-0.4, -0.2) is 20.4 Å². The molecule has 0 bridgehead atoms. The minimum Gasteiger partial charge on any atom is -0.332 e. The molecule has 0 aliphatic heterocycles. The molecule has 1 aromatic heterocycles. The molecule has 0 saturated heterocycles. The standard InChI is InChI=1S/C25H21Cl2N5O2S/c1-15-22(24(34)32(31(15)2)19-9-4-3-5-10-19)30-23(33)16-7-6-8-17(13-16)28-25(35)29-18-11-12-20(26)21(27)14-18/h3-14H,1-2H3,(H,30,33)(H2,28,29,35). The second kappa shape index (κ2) is 10.4. The fourth-order valence-corrected chi connectivity index (χ4v) is 4.04. The van der Waals surface area contributed by atoms with Gasteiger partial charge < -0.3 is 16.0 Å². The van der Waals surface area contributed by atoms with Crippen LogP contribution >= 0.6 is 35.4 Å². The number of aromatic nitrogens is 2. The van der Waals surface area contributed by atoms with Crippen molar-refractivity contribution in [2.45, 2.75) is 6.92 Å². The molecule has 0 fully saturated rings. The van der Waals surface area contributed by atoms with Crippen molar-refractivity contribution in [3.63, 3.8) is 0 Å². The van der Waals surface area contributed by atoms with Gasteiger partial charge in [0.05, 0.1) is 21.4 Å². The molecule has 0 atom stereocenters. The summed E-state index contributed by atoms with van der Waals surface area (Å²) >= 11 is 17.3. The first-order valence-electron chi connectivity index (χ1n) is 10.5. The summed E-state index contributed by atoms with van der Waals surface area (Å²) in [4.78, 5) is 26.1. The maximum absolute atomic E-state index is 13.1. The summed E-state index contributed by atoms with van der Waals surface area (Å²) < 4.78 is 3.22. The molecule has 0 aliphatic rings. The van der Waals surface area contributed by atoms with Crippen molar-refractivity contribution in [1.29, 1.82) is 0 Å². The number of nitrogens with zero attached hydrogens (tertiary/aromatic N) is 2. The molecule has 4 aromatic rings. The molecular formula is C25H21Cl2N5O2S. The van der Waals surface area contributed by atoms with Gasteiger partial charge in [0.2, 0.25) is 0 Å². The van der Waals surface area contributed by atoms with Crippen LogP contribution in [0.2, 0.25) is 10.0 Å². The number of hydrogen-bond donors (Lipinski definition) is 3. The van der Waals surface area contributed by atoms with Crippen LogP contribution in [0.25, 0.3) is 5.69 Å². The lowest BCUT2D eigenvalue weighted by Gasteiger charge is -2.12. The van der Waals surface area contributed by atoms with Gasteiger partial charge in [0.1, 0.15) is 5.69 Å². The minimum atomic E-state index is -0.414. The van der Waals surface area contributed by atoms with Crippen LogP contribution in [0.1, 0.15) is 16.1 Å². The number of nitrogens with one attached hydrogen (secondary N) is 3. The van der Waals surface area contributed by atoms with Crippen LogP contribution in [0.15, 0.2) is 77.6 Å². The van der Waals surface area contributed by atoms with Crippen LogP contribution in [0.5, 0.6) is 0 Å². The van der Waals surface area contributed by atoms with E-state index in [2.05, 4.69) is 16.0 Å². The normalized spacial score (nSPS) is 10.6. The van der Waals surface area contributed by atoms with Crippen LogP contribution in [-0.2, 0) is 7.05 Å². The predicted octanol–water partition coefficient (Wildman–Crippen LogP) is 5.85. The lowest BCUT2D eigenvalue weighted by atomic mass is 10.2. The Labute approximate surface area is 217 Å². The highest BCUT2D eigenvalue weighted by Gasteiger charge is 2.19. The Bertz CT molecular complexity index is 1480. The molecule has 0 saturated carbocycles. The summed E-state index contributed by atoms with van der Waals surface area (Å²) in [6.45, 7) is 1.78. The van der Waals surface area contributed by atoms with E-state index in [1.54, 1.807) is 61.1 Å². The summed E-state index contributed by atoms with van der Waals surface area (Å²) in [5, 5.41) is 9.97. The van der Waals surface area contributed by atoms with Gasteiger partial charge in [0, 0.05) is 24.0 Å². The fourth-order valence-electron chi connectivity index (χ4n) is 3.50. The number of amides is 1. The molecule has 10 heteroatoms. The molecule has 0 radical (unpaired) electrons. The SMILES string of the molecule is Cc1c(NC(=O)c2cccc(NC(=S)Nc3ccc(Cl)c(Cl)c3)c2)c(=O)n(-c2ccccc2)n1C. The molecule has 4 rings (SSSR count). The Morgan fingerprint density at radius 2 is 1.54 bits per heavy atom. The third kappa shape index (κ3) is 5.40. The molecule has 1 amide bonds. The van der Waals surface area contributed by atoms with Crippen molar-refractivity contribution in [3.8, 4) is 5.69 Å². The van der Waals surface area contributed by atoms with E-state index in [0.29, 0.717) is 43.5 Å². The van der Waals surface area contributed by atoms with E-state index in [1.165, 1.54) is 4.68 Å². The number of carbonyl (C=O) groups excluding carboxylic acids is 1. The summed E-state index contributed by atoms with van der Waals surface area (Å²) in [6, 6.07) is 21.1. The van der Waals surface area contributed by atoms with Gasteiger partial charge in [-0.1, -0.05) is 47.5 Å². The average molecular weight is 526 g/mol. The van der Waals surface area contributed by atoms with Gasteiger partial charge in [-0.25, -0.2) is 4.68 Å².